The number of imidazole rings is 1. The van der Waals surface area contributed by atoms with E-state index < -0.39 is 11.5 Å². The van der Waals surface area contributed by atoms with E-state index in [4.69, 9.17) is 16.3 Å². The minimum Gasteiger partial charge on any atom is -0.465 e. The van der Waals surface area contributed by atoms with Crippen LogP contribution in [0.4, 0.5) is 0 Å². The highest BCUT2D eigenvalue weighted by molar-refractivity contribution is 7.03. The van der Waals surface area contributed by atoms with Gasteiger partial charge in [-0.05, 0) is 48.0 Å². The van der Waals surface area contributed by atoms with E-state index in [1.54, 1.807) is 16.3 Å². The molecule has 186 valence electrons. The van der Waals surface area contributed by atoms with Crippen LogP contribution in [0, 0.1) is 0 Å². The Morgan fingerprint density at radius 2 is 2.00 bits per heavy atom. The summed E-state index contributed by atoms with van der Waals surface area (Å²) in [5.41, 5.74) is 1.70. The maximum absolute atomic E-state index is 13.1. The maximum atomic E-state index is 13.1. The molecule has 0 fully saturated rings. The molecule has 0 aromatic carbocycles. The summed E-state index contributed by atoms with van der Waals surface area (Å²) in [6.45, 7) is 3.15. The molecule has 4 rings (SSSR count). The maximum Gasteiger partial charge on any atom is 0.340 e. The molecule has 0 spiro atoms. The number of fused-ring (bicyclic) bond motifs is 1. The van der Waals surface area contributed by atoms with Crippen molar-refractivity contribution in [2.45, 2.75) is 58.7 Å². The van der Waals surface area contributed by atoms with Gasteiger partial charge in [-0.25, -0.2) is 9.59 Å². The van der Waals surface area contributed by atoms with Crippen LogP contribution in [0.25, 0.3) is 11.2 Å². The van der Waals surface area contributed by atoms with E-state index in [1.165, 1.54) is 27.8 Å². The van der Waals surface area contributed by atoms with Gasteiger partial charge < -0.3 is 9.72 Å². The van der Waals surface area contributed by atoms with Crippen LogP contribution in [0.5, 0.6) is 0 Å². The van der Waals surface area contributed by atoms with Gasteiger partial charge in [0.1, 0.15) is 0 Å². The van der Waals surface area contributed by atoms with Gasteiger partial charge in [-0.2, -0.15) is 14.5 Å². The standard InChI is InChI=1S/C22H26ClN7O4S/c1-3-4-5-8-29-18-17(25-21(23)26-18)19(31)30(22(29)33)9-6-7-14-10-24-28(11-14)12-16-15(13-35-27-16)20(32)34-2/h10-11,13H,3-9,12H2,1-2H3,(H,25,26). The molecule has 0 aliphatic heterocycles. The van der Waals surface area contributed by atoms with Crippen LogP contribution >= 0.6 is 23.1 Å². The van der Waals surface area contributed by atoms with Crippen molar-refractivity contribution in [2.24, 2.45) is 0 Å². The van der Waals surface area contributed by atoms with Gasteiger partial charge in [0.15, 0.2) is 11.2 Å². The van der Waals surface area contributed by atoms with Crippen LogP contribution < -0.4 is 11.2 Å². The number of nitrogens with zero attached hydrogens (tertiary/aromatic N) is 6. The van der Waals surface area contributed by atoms with Crippen LogP contribution in [0.15, 0.2) is 27.4 Å². The summed E-state index contributed by atoms with van der Waals surface area (Å²) >= 11 is 7.19. The topological polar surface area (TPSA) is 130 Å². The molecule has 13 heteroatoms. The number of hydrogen-bond acceptors (Lipinski definition) is 8. The number of aromatic nitrogens is 7. The molecule has 4 aromatic heterocycles. The number of aromatic amines is 1. The van der Waals surface area contributed by atoms with E-state index in [9.17, 15) is 14.4 Å². The van der Waals surface area contributed by atoms with Gasteiger partial charge in [-0.1, -0.05) is 19.8 Å². The predicted octanol–water partition coefficient (Wildman–Crippen LogP) is 2.85. The lowest BCUT2D eigenvalue weighted by Gasteiger charge is -2.11. The predicted molar refractivity (Wildman–Crippen MR) is 132 cm³/mol. The minimum absolute atomic E-state index is 0.0846. The summed E-state index contributed by atoms with van der Waals surface area (Å²) in [6.07, 6.45) is 7.57. The fourth-order valence-corrected chi connectivity index (χ4v) is 4.77. The van der Waals surface area contributed by atoms with Crippen molar-refractivity contribution in [1.82, 2.24) is 33.3 Å². The van der Waals surface area contributed by atoms with Crippen molar-refractivity contribution in [3.05, 3.63) is 60.7 Å². The second-order valence-electron chi connectivity index (χ2n) is 8.14. The molecule has 35 heavy (non-hydrogen) atoms. The zero-order valence-corrected chi connectivity index (χ0v) is 21.1. The van der Waals surface area contributed by atoms with E-state index in [0.717, 1.165) is 24.8 Å². The number of carbonyl (C=O) groups excluding carboxylic acids is 1. The summed E-state index contributed by atoms with van der Waals surface area (Å²) in [7, 11) is 1.33. The van der Waals surface area contributed by atoms with Gasteiger partial charge in [0.25, 0.3) is 5.56 Å². The number of rotatable bonds is 11. The molecule has 0 atom stereocenters. The Balaban J connectivity index is 1.47. The molecule has 4 heterocycles. The summed E-state index contributed by atoms with van der Waals surface area (Å²) in [4.78, 5) is 44.8. The number of carbonyl (C=O) groups is 1. The third kappa shape index (κ3) is 5.38. The highest BCUT2D eigenvalue weighted by Gasteiger charge is 2.17. The molecule has 0 saturated heterocycles. The lowest BCUT2D eigenvalue weighted by atomic mass is 10.2. The number of unbranched alkanes of at least 4 members (excludes halogenated alkanes) is 2. The average Bonchev–Trinajstić information content (AvgIpc) is 3.58. The lowest BCUT2D eigenvalue weighted by molar-refractivity contribution is 0.0599. The Kier molecular flexibility index (Phi) is 7.81. The zero-order chi connectivity index (χ0) is 24.9. The van der Waals surface area contributed by atoms with Crippen molar-refractivity contribution in [3.63, 3.8) is 0 Å². The van der Waals surface area contributed by atoms with Gasteiger partial charge in [0, 0.05) is 24.7 Å². The number of hydrogen-bond donors (Lipinski definition) is 1. The number of esters is 1. The molecular weight excluding hydrogens is 494 g/mol. The van der Waals surface area contributed by atoms with Gasteiger partial charge >= 0.3 is 11.7 Å². The first-order valence-corrected chi connectivity index (χ1v) is 12.6. The number of methoxy groups -OCH3 is 1. The molecule has 1 N–H and O–H groups in total. The first-order valence-electron chi connectivity index (χ1n) is 11.3. The smallest absolute Gasteiger partial charge is 0.340 e. The molecule has 4 aromatic rings. The Hall–Kier alpha value is -3.25. The van der Waals surface area contributed by atoms with Crippen molar-refractivity contribution >= 4 is 40.3 Å². The first-order chi connectivity index (χ1) is 16.9. The molecule has 0 aliphatic rings. The van der Waals surface area contributed by atoms with Crippen molar-refractivity contribution in [1.29, 1.82) is 0 Å². The van der Waals surface area contributed by atoms with E-state index in [2.05, 4.69) is 26.4 Å². The number of nitrogens with one attached hydrogen (secondary N) is 1. The molecule has 0 saturated carbocycles. The Morgan fingerprint density at radius 1 is 1.20 bits per heavy atom. The van der Waals surface area contributed by atoms with E-state index in [0.29, 0.717) is 42.8 Å². The SMILES string of the molecule is CCCCCn1c(=O)n(CCCc2cnn(Cc3nscc3C(=O)OC)c2)c(=O)c2[nH]c(Cl)nc21. The lowest BCUT2D eigenvalue weighted by Crippen LogP contribution is -2.40. The summed E-state index contributed by atoms with van der Waals surface area (Å²) in [5, 5.41) is 6.08. The Labute approximate surface area is 209 Å². The summed E-state index contributed by atoms with van der Waals surface area (Å²) < 4.78 is 13.5. The van der Waals surface area contributed by atoms with Crippen LogP contribution in [0.3, 0.4) is 0 Å². The van der Waals surface area contributed by atoms with Crippen molar-refractivity contribution in [3.8, 4) is 0 Å². The fraction of sp³-hybridized carbons (Fsp3) is 0.455. The van der Waals surface area contributed by atoms with E-state index in [-0.39, 0.29) is 23.0 Å². The molecule has 0 radical (unpaired) electrons. The van der Waals surface area contributed by atoms with Crippen LogP contribution in [-0.2, 0) is 30.8 Å². The molecule has 0 amide bonds. The van der Waals surface area contributed by atoms with E-state index in [1.807, 2.05) is 6.20 Å². The van der Waals surface area contributed by atoms with Crippen LogP contribution in [0.2, 0.25) is 5.28 Å². The zero-order valence-electron chi connectivity index (χ0n) is 19.5. The fourth-order valence-electron chi connectivity index (χ4n) is 3.92. The van der Waals surface area contributed by atoms with Gasteiger partial charge in [-0.15, -0.1) is 0 Å². The number of halogens is 1. The summed E-state index contributed by atoms with van der Waals surface area (Å²) in [6, 6.07) is 0. The largest absolute Gasteiger partial charge is 0.465 e. The van der Waals surface area contributed by atoms with Crippen molar-refractivity contribution in [2.75, 3.05) is 7.11 Å². The number of ether oxygens (including phenoxy) is 1. The highest BCUT2D eigenvalue weighted by Crippen LogP contribution is 2.14. The molecule has 0 unspecified atom stereocenters. The average molecular weight is 520 g/mol. The molecule has 0 bridgehead atoms. The second kappa shape index (κ2) is 11.0. The minimum atomic E-state index is -0.428. The number of aryl methyl sites for hydroxylation is 2. The highest BCUT2D eigenvalue weighted by atomic mass is 35.5. The second-order valence-corrected chi connectivity index (χ2v) is 9.13. The number of H-pyrrole nitrogens is 1. The third-order valence-electron chi connectivity index (χ3n) is 5.71. The molecular formula is C22H26ClN7O4S. The van der Waals surface area contributed by atoms with Crippen LogP contribution in [0.1, 0.15) is 54.2 Å². The normalized spacial score (nSPS) is 11.4. The Bertz CT molecular complexity index is 1450. The van der Waals surface area contributed by atoms with Gasteiger partial charge in [0.2, 0.25) is 5.28 Å². The quantitative estimate of drug-likeness (QED) is 0.183. The molecule has 11 nitrogen and oxygen atoms in total. The summed E-state index contributed by atoms with van der Waals surface area (Å²) in [5.74, 6) is -0.428. The van der Waals surface area contributed by atoms with E-state index >= 15 is 0 Å². The first kappa shape index (κ1) is 24.9. The van der Waals surface area contributed by atoms with Gasteiger partial charge in [0.05, 0.1) is 31.1 Å². The van der Waals surface area contributed by atoms with Crippen LogP contribution in [-0.4, -0.2) is 46.3 Å². The third-order valence-corrected chi connectivity index (χ3v) is 6.56. The van der Waals surface area contributed by atoms with Gasteiger partial charge in [-0.3, -0.25) is 18.6 Å². The Morgan fingerprint density at radius 3 is 2.77 bits per heavy atom. The van der Waals surface area contributed by atoms with Crippen molar-refractivity contribution < 1.29 is 9.53 Å². The molecule has 0 aliphatic carbocycles. The monoisotopic (exact) mass is 519 g/mol.